The van der Waals surface area contributed by atoms with Gasteiger partial charge in [-0.3, -0.25) is 0 Å². The van der Waals surface area contributed by atoms with Crippen LogP contribution in [0, 0.1) is 20.8 Å². The predicted molar refractivity (Wildman–Crippen MR) is 96.9 cm³/mol. The number of nitrogens with one attached hydrogen (secondary N) is 2. The second-order valence-electron chi connectivity index (χ2n) is 6.72. The molecule has 0 bridgehead atoms. The second-order valence-corrected chi connectivity index (χ2v) is 6.72. The normalized spacial score (nSPS) is 22.0. The molecule has 1 aliphatic carbocycles. The third kappa shape index (κ3) is 5.24. The van der Waals surface area contributed by atoms with Gasteiger partial charge in [0.2, 0.25) is 0 Å². The first-order valence-corrected chi connectivity index (χ1v) is 8.79. The Kier molecular flexibility index (Phi) is 6.46. The van der Waals surface area contributed by atoms with E-state index in [9.17, 15) is 5.11 Å². The summed E-state index contributed by atoms with van der Waals surface area (Å²) in [5.74, 6) is 0.883. The molecule has 1 fully saturated rings. The fourth-order valence-corrected chi connectivity index (χ4v) is 3.35. The van der Waals surface area contributed by atoms with Crippen molar-refractivity contribution in [1.29, 1.82) is 0 Å². The minimum atomic E-state index is -0.120. The Labute approximate surface area is 140 Å². The number of rotatable bonds is 4. The summed E-state index contributed by atoms with van der Waals surface area (Å²) in [6.45, 7) is 10.1. The SMILES string of the molecule is CCNC(=NCc1c(C)cc(C)cc1C)NC1CCC(O)CC1. The molecule has 0 unspecified atom stereocenters. The van der Waals surface area contributed by atoms with Gasteiger partial charge in [-0.2, -0.15) is 0 Å². The molecule has 1 aromatic rings. The van der Waals surface area contributed by atoms with Crippen LogP contribution in [0.25, 0.3) is 0 Å². The standard InChI is InChI=1S/C19H31N3O/c1-5-20-19(22-16-6-8-17(23)9-7-16)21-12-18-14(3)10-13(2)11-15(18)4/h10-11,16-17,23H,5-9,12H2,1-4H3,(H2,20,21,22). The molecule has 1 aromatic carbocycles. The molecular formula is C19H31N3O. The molecule has 0 radical (unpaired) electrons. The second kappa shape index (κ2) is 8.34. The lowest BCUT2D eigenvalue weighted by molar-refractivity contribution is 0.120. The number of aliphatic hydroxyl groups excluding tert-OH is 1. The number of aryl methyl sites for hydroxylation is 3. The van der Waals surface area contributed by atoms with Crippen LogP contribution in [0.2, 0.25) is 0 Å². The van der Waals surface area contributed by atoms with Crippen molar-refractivity contribution in [3.05, 3.63) is 34.4 Å². The zero-order valence-electron chi connectivity index (χ0n) is 14.9. The van der Waals surface area contributed by atoms with Crippen LogP contribution in [-0.2, 0) is 6.54 Å². The van der Waals surface area contributed by atoms with Gasteiger partial charge in [0.1, 0.15) is 0 Å². The summed E-state index contributed by atoms with van der Waals surface area (Å²) in [6, 6.07) is 4.86. The average Bonchev–Trinajstić information content (AvgIpc) is 2.48. The predicted octanol–water partition coefficient (Wildman–Crippen LogP) is 2.97. The Morgan fingerprint density at radius 1 is 1.13 bits per heavy atom. The van der Waals surface area contributed by atoms with E-state index in [0.29, 0.717) is 12.6 Å². The molecule has 0 amide bonds. The topological polar surface area (TPSA) is 56.7 Å². The lowest BCUT2D eigenvalue weighted by atomic mass is 9.93. The van der Waals surface area contributed by atoms with Crippen LogP contribution in [0.5, 0.6) is 0 Å². The quantitative estimate of drug-likeness (QED) is 0.591. The molecule has 1 aliphatic rings. The highest BCUT2D eigenvalue weighted by molar-refractivity contribution is 5.80. The highest BCUT2D eigenvalue weighted by atomic mass is 16.3. The maximum absolute atomic E-state index is 9.63. The average molecular weight is 317 g/mol. The summed E-state index contributed by atoms with van der Waals surface area (Å²) < 4.78 is 0. The van der Waals surface area contributed by atoms with E-state index in [4.69, 9.17) is 4.99 Å². The van der Waals surface area contributed by atoms with E-state index in [2.05, 4.69) is 50.5 Å². The molecule has 0 saturated heterocycles. The van der Waals surface area contributed by atoms with Crippen LogP contribution in [0.3, 0.4) is 0 Å². The number of nitrogens with zero attached hydrogens (tertiary/aromatic N) is 1. The molecule has 0 heterocycles. The fraction of sp³-hybridized carbons (Fsp3) is 0.632. The fourth-order valence-electron chi connectivity index (χ4n) is 3.35. The van der Waals surface area contributed by atoms with Gasteiger partial charge in [0.05, 0.1) is 12.6 Å². The molecule has 3 N–H and O–H groups in total. The van der Waals surface area contributed by atoms with Gasteiger partial charge < -0.3 is 15.7 Å². The minimum absolute atomic E-state index is 0.120. The maximum atomic E-state index is 9.63. The summed E-state index contributed by atoms with van der Waals surface area (Å²) in [7, 11) is 0. The van der Waals surface area contributed by atoms with Crippen molar-refractivity contribution in [3.8, 4) is 0 Å². The zero-order valence-corrected chi connectivity index (χ0v) is 14.9. The van der Waals surface area contributed by atoms with Crippen molar-refractivity contribution in [3.63, 3.8) is 0 Å². The molecule has 2 rings (SSSR count). The largest absolute Gasteiger partial charge is 0.393 e. The highest BCUT2D eigenvalue weighted by Gasteiger charge is 2.20. The van der Waals surface area contributed by atoms with Gasteiger partial charge in [0, 0.05) is 12.6 Å². The van der Waals surface area contributed by atoms with Crippen LogP contribution in [-0.4, -0.2) is 29.8 Å². The minimum Gasteiger partial charge on any atom is -0.393 e. The molecule has 1 saturated carbocycles. The van der Waals surface area contributed by atoms with Crippen LogP contribution in [0.1, 0.15) is 54.9 Å². The number of benzene rings is 1. The van der Waals surface area contributed by atoms with E-state index in [-0.39, 0.29) is 6.10 Å². The summed E-state index contributed by atoms with van der Waals surface area (Å²) in [4.78, 5) is 4.78. The highest BCUT2D eigenvalue weighted by Crippen LogP contribution is 2.19. The zero-order chi connectivity index (χ0) is 16.8. The molecule has 0 aromatic heterocycles. The molecule has 128 valence electrons. The van der Waals surface area contributed by atoms with E-state index >= 15 is 0 Å². The van der Waals surface area contributed by atoms with E-state index in [1.807, 2.05) is 0 Å². The third-order valence-electron chi connectivity index (χ3n) is 4.62. The first kappa shape index (κ1) is 17.8. The first-order chi connectivity index (χ1) is 11.0. The van der Waals surface area contributed by atoms with E-state index in [1.54, 1.807) is 0 Å². The van der Waals surface area contributed by atoms with Gasteiger partial charge >= 0.3 is 0 Å². The van der Waals surface area contributed by atoms with Gasteiger partial charge in [-0.25, -0.2) is 4.99 Å². The van der Waals surface area contributed by atoms with Crippen molar-refractivity contribution < 1.29 is 5.11 Å². The van der Waals surface area contributed by atoms with Crippen molar-refractivity contribution in [2.75, 3.05) is 6.54 Å². The van der Waals surface area contributed by atoms with Crippen LogP contribution in [0.4, 0.5) is 0 Å². The van der Waals surface area contributed by atoms with Gasteiger partial charge in [0.15, 0.2) is 5.96 Å². The van der Waals surface area contributed by atoms with Crippen molar-refractivity contribution in [1.82, 2.24) is 10.6 Å². The number of aliphatic hydroxyl groups is 1. The van der Waals surface area contributed by atoms with E-state index in [0.717, 1.165) is 38.2 Å². The molecule has 4 nitrogen and oxygen atoms in total. The van der Waals surface area contributed by atoms with Crippen molar-refractivity contribution >= 4 is 5.96 Å². The lowest BCUT2D eigenvalue weighted by Gasteiger charge is -2.27. The van der Waals surface area contributed by atoms with Gasteiger partial charge in [0.25, 0.3) is 0 Å². The molecule has 4 heteroatoms. The summed E-state index contributed by atoms with van der Waals surface area (Å²) in [5, 5.41) is 16.5. The molecule has 0 spiro atoms. The van der Waals surface area contributed by atoms with Crippen molar-refractivity contribution in [2.45, 2.75) is 72.1 Å². The Bertz CT molecular complexity index is 523. The summed E-state index contributed by atoms with van der Waals surface area (Å²) >= 11 is 0. The monoisotopic (exact) mass is 317 g/mol. The molecular weight excluding hydrogens is 286 g/mol. The smallest absolute Gasteiger partial charge is 0.191 e. The number of guanidine groups is 1. The number of hydrogen-bond donors (Lipinski definition) is 3. The number of hydrogen-bond acceptors (Lipinski definition) is 2. The maximum Gasteiger partial charge on any atom is 0.191 e. The molecule has 23 heavy (non-hydrogen) atoms. The Hall–Kier alpha value is -1.55. The van der Waals surface area contributed by atoms with Crippen LogP contribution < -0.4 is 10.6 Å². The first-order valence-electron chi connectivity index (χ1n) is 8.79. The van der Waals surface area contributed by atoms with Gasteiger partial charge in [-0.1, -0.05) is 17.7 Å². The molecule has 0 atom stereocenters. The summed E-state index contributed by atoms with van der Waals surface area (Å²) in [6.07, 6.45) is 3.66. The third-order valence-corrected chi connectivity index (χ3v) is 4.62. The Morgan fingerprint density at radius 3 is 2.30 bits per heavy atom. The molecule has 0 aliphatic heterocycles. The lowest BCUT2D eigenvalue weighted by Crippen LogP contribution is -2.45. The van der Waals surface area contributed by atoms with E-state index in [1.165, 1.54) is 22.3 Å². The van der Waals surface area contributed by atoms with Gasteiger partial charge in [-0.05, 0) is 70.1 Å². The Balaban J connectivity index is 2.04. The van der Waals surface area contributed by atoms with Gasteiger partial charge in [-0.15, -0.1) is 0 Å². The Morgan fingerprint density at radius 2 is 1.74 bits per heavy atom. The number of aliphatic imine (C=N–C) groups is 1. The summed E-state index contributed by atoms with van der Waals surface area (Å²) in [5.41, 5.74) is 5.23. The van der Waals surface area contributed by atoms with Crippen molar-refractivity contribution in [2.24, 2.45) is 4.99 Å². The van der Waals surface area contributed by atoms with Crippen LogP contribution in [0.15, 0.2) is 17.1 Å². The van der Waals surface area contributed by atoms with Crippen LogP contribution >= 0.6 is 0 Å². The van der Waals surface area contributed by atoms with E-state index < -0.39 is 0 Å².